The van der Waals surface area contributed by atoms with Crippen molar-refractivity contribution < 1.29 is 19.2 Å². The summed E-state index contributed by atoms with van der Waals surface area (Å²) in [4.78, 5) is 56.7. The third kappa shape index (κ3) is 8.32. The molecule has 2 aliphatic rings. The van der Waals surface area contributed by atoms with Gasteiger partial charge in [-0.05, 0) is 54.7 Å². The molecule has 2 heterocycles. The van der Waals surface area contributed by atoms with Gasteiger partial charge in [0.2, 0.25) is 17.7 Å². The molecule has 1 saturated heterocycles. The fourth-order valence-corrected chi connectivity index (χ4v) is 6.40. The summed E-state index contributed by atoms with van der Waals surface area (Å²) in [6.45, 7) is 4.38. The number of rotatable bonds is 11. The largest absolute Gasteiger partial charge is 0.368 e. The Balaban J connectivity index is 1.22. The highest BCUT2D eigenvalue weighted by Gasteiger charge is 2.32. The number of anilines is 2. The Morgan fingerprint density at radius 1 is 0.870 bits per heavy atom. The van der Waals surface area contributed by atoms with Gasteiger partial charge in [0.25, 0.3) is 5.91 Å². The maximum absolute atomic E-state index is 13.6. The number of hydrogen-bond acceptors (Lipinski definition) is 6. The maximum Gasteiger partial charge on any atom is 0.270 e. The fraction of sp³-hybridized carbons (Fsp3) is 0.457. The number of hydrogen-bond donors (Lipinski definition) is 3. The second-order valence-electron chi connectivity index (χ2n) is 12.2. The molecule has 1 aliphatic carbocycles. The lowest BCUT2D eigenvalue weighted by Crippen LogP contribution is -2.55. The van der Waals surface area contributed by atoms with Crippen LogP contribution in [0.25, 0.3) is 0 Å². The number of aryl methyl sites for hydroxylation is 1. The van der Waals surface area contributed by atoms with Crippen LogP contribution in [0.4, 0.5) is 11.4 Å². The first-order chi connectivity index (χ1) is 22.3. The highest BCUT2D eigenvalue weighted by atomic mass is 16.2. The van der Waals surface area contributed by atoms with Crippen LogP contribution in [0.5, 0.6) is 0 Å². The number of nitrogens with one attached hydrogen (secondary N) is 3. The molecule has 4 amide bonds. The quantitative estimate of drug-likeness (QED) is 0.299. The molecule has 2 aromatic carbocycles. The van der Waals surface area contributed by atoms with Crippen LogP contribution in [0, 0.1) is 5.92 Å². The van der Waals surface area contributed by atoms with Crippen molar-refractivity contribution in [1.29, 1.82) is 0 Å². The third-order valence-corrected chi connectivity index (χ3v) is 9.07. The molecule has 3 aromatic rings. The van der Waals surface area contributed by atoms with Gasteiger partial charge in [0, 0.05) is 63.6 Å². The van der Waals surface area contributed by atoms with Crippen LogP contribution in [0.2, 0.25) is 0 Å². The van der Waals surface area contributed by atoms with Gasteiger partial charge in [-0.1, -0.05) is 56.5 Å². The topological polar surface area (TPSA) is 129 Å². The molecule has 5 rings (SSSR count). The van der Waals surface area contributed by atoms with Crippen molar-refractivity contribution in [3.05, 3.63) is 78.1 Å². The number of nitrogens with zero attached hydrogens (tertiary/aromatic N) is 4. The zero-order chi connectivity index (χ0) is 32.5. The standard InChI is InChI=1S/C35H45N7O4/c1-3-31(43)38-29(35(46)42-22-20-41(21-23-42)28-12-8-5-9-13-28)24-25-14-16-27(17-15-25)37-34(45)32(26-10-6-4-7-11-26)39-33(44)30-18-19-36-40(30)2/h5,8-9,12-19,26,29,32H,3-4,6-7,10-11,20-24H2,1-2H3,(H,37,45)(H,38,43)(H,39,44)/t29-,32+/m1/s1. The summed E-state index contributed by atoms with van der Waals surface area (Å²) in [5.74, 6) is -0.798. The predicted molar refractivity (Wildman–Crippen MR) is 177 cm³/mol. The number of aromatic nitrogens is 2. The van der Waals surface area contributed by atoms with E-state index < -0.39 is 12.1 Å². The van der Waals surface area contributed by atoms with Gasteiger partial charge in [0.1, 0.15) is 17.8 Å². The normalized spacial score (nSPS) is 16.7. The Morgan fingerprint density at radius 3 is 2.20 bits per heavy atom. The first-order valence-corrected chi connectivity index (χ1v) is 16.4. The number of carbonyl (C=O) groups excluding carboxylic acids is 4. The molecule has 2 atom stereocenters. The van der Waals surface area contributed by atoms with E-state index in [0.29, 0.717) is 30.9 Å². The molecule has 0 spiro atoms. The van der Waals surface area contributed by atoms with E-state index in [1.165, 1.54) is 4.68 Å². The van der Waals surface area contributed by atoms with Gasteiger partial charge in [-0.3, -0.25) is 23.9 Å². The molecule has 1 aromatic heterocycles. The summed E-state index contributed by atoms with van der Waals surface area (Å²) in [6.07, 6.45) is 7.13. The summed E-state index contributed by atoms with van der Waals surface area (Å²) in [6, 6.07) is 17.8. The smallest absolute Gasteiger partial charge is 0.270 e. The molecule has 1 aliphatic heterocycles. The van der Waals surface area contributed by atoms with Crippen molar-refractivity contribution in [2.24, 2.45) is 13.0 Å². The minimum atomic E-state index is -0.686. The van der Waals surface area contributed by atoms with E-state index in [-0.39, 0.29) is 36.0 Å². The van der Waals surface area contributed by atoms with Crippen molar-refractivity contribution >= 4 is 35.0 Å². The van der Waals surface area contributed by atoms with Crippen LogP contribution < -0.4 is 20.9 Å². The van der Waals surface area contributed by atoms with Crippen LogP contribution in [0.15, 0.2) is 66.9 Å². The Bertz CT molecular complexity index is 1480. The van der Waals surface area contributed by atoms with Crippen molar-refractivity contribution in [3.8, 4) is 0 Å². The average molecular weight is 628 g/mol. The zero-order valence-electron chi connectivity index (χ0n) is 26.8. The Labute approximate surface area is 270 Å². The molecular formula is C35H45N7O4. The summed E-state index contributed by atoms with van der Waals surface area (Å²) in [7, 11) is 1.70. The summed E-state index contributed by atoms with van der Waals surface area (Å²) < 4.78 is 1.50. The molecule has 0 radical (unpaired) electrons. The SMILES string of the molecule is CCC(=O)N[C@H](Cc1ccc(NC(=O)[C@@H](NC(=O)c2ccnn2C)C2CCCCC2)cc1)C(=O)N1CCN(c2ccccc2)CC1. The van der Waals surface area contributed by atoms with E-state index in [9.17, 15) is 19.2 Å². The minimum absolute atomic E-state index is 0.0497. The highest BCUT2D eigenvalue weighted by Crippen LogP contribution is 2.28. The summed E-state index contributed by atoms with van der Waals surface area (Å²) in [5, 5.41) is 13.0. The van der Waals surface area contributed by atoms with Crippen molar-refractivity contribution in [2.45, 2.75) is 64.0 Å². The molecule has 0 unspecified atom stereocenters. The Hall–Kier alpha value is -4.67. The molecule has 46 heavy (non-hydrogen) atoms. The van der Waals surface area contributed by atoms with Crippen LogP contribution in [0.1, 0.15) is 61.5 Å². The minimum Gasteiger partial charge on any atom is -0.368 e. The monoisotopic (exact) mass is 627 g/mol. The molecule has 244 valence electrons. The van der Waals surface area contributed by atoms with Crippen LogP contribution in [0.3, 0.4) is 0 Å². The van der Waals surface area contributed by atoms with Crippen LogP contribution in [-0.4, -0.2) is 76.6 Å². The van der Waals surface area contributed by atoms with Gasteiger partial charge in [-0.2, -0.15) is 5.10 Å². The van der Waals surface area contributed by atoms with E-state index in [2.05, 4.69) is 38.1 Å². The van der Waals surface area contributed by atoms with Gasteiger partial charge in [-0.25, -0.2) is 0 Å². The second kappa shape index (κ2) is 15.6. The van der Waals surface area contributed by atoms with Crippen LogP contribution >= 0.6 is 0 Å². The zero-order valence-corrected chi connectivity index (χ0v) is 26.8. The highest BCUT2D eigenvalue weighted by molar-refractivity contribution is 6.00. The van der Waals surface area contributed by atoms with Crippen molar-refractivity contribution in [3.63, 3.8) is 0 Å². The van der Waals surface area contributed by atoms with E-state index in [1.807, 2.05) is 35.2 Å². The summed E-state index contributed by atoms with van der Waals surface area (Å²) in [5.41, 5.74) is 3.00. The fourth-order valence-electron chi connectivity index (χ4n) is 6.40. The van der Waals surface area contributed by atoms with Crippen LogP contribution in [-0.2, 0) is 27.9 Å². The van der Waals surface area contributed by atoms with E-state index in [0.717, 1.165) is 56.4 Å². The second-order valence-corrected chi connectivity index (χ2v) is 12.2. The van der Waals surface area contributed by atoms with Gasteiger partial charge in [-0.15, -0.1) is 0 Å². The maximum atomic E-state index is 13.6. The van der Waals surface area contributed by atoms with E-state index in [4.69, 9.17) is 0 Å². The van der Waals surface area contributed by atoms with Crippen molar-refractivity contribution in [2.75, 3.05) is 36.4 Å². The predicted octanol–water partition coefficient (Wildman–Crippen LogP) is 3.52. The number of amides is 4. The Kier molecular flexibility index (Phi) is 11.1. The molecule has 1 saturated carbocycles. The number of carbonyl (C=O) groups is 4. The lowest BCUT2D eigenvalue weighted by Gasteiger charge is -2.37. The first kappa shape index (κ1) is 32.7. The van der Waals surface area contributed by atoms with Crippen molar-refractivity contribution in [1.82, 2.24) is 25.3 Å². The lowest BCUT2D eigenvalue weighted by atomic mass is 9.83. The van der Waals surface area contributed by atoms with E-state index in [1.54, 1.807) is 38.4 Å². The molecule has 11 nitrogen and oxygen atoms in total. The molecular weight excluding hydrogens is 582 g/mol. The van der Waals surface area contributed by atoms with Gasteiger partial charge in [0.15, 0.2) is 0 Å². The Morgan fingerprint density at radius 2 is 1.57 bits per heavy atom. The average Bonchev–Trinajstić information content (AvgIpc) is 3.53. The first-order valence-electron chi connectivity index (χ1n) is 16.4. The molecule has 3 N–H and O–H groups in total. The number of benzene rings is 2. The van der Waals surface area contributed by atoms with Gasteiger partial charge < -0.3 is 25.8 Å². The number of piperazine rings is 1. The third-order valence-electron chi connectivity index (χ3n) is 9.07. The molecule has 2 fully saturated rings. The number of para-hydroxylation sites is 1. The molecule has 0 bridgehead atoms. The van der Waals surface area contributed by atoms with Gasteiger partial charge >= 0.3 is 0 Å². The summed E-state index contributed by atoms with van der Waals surface area (Å²) >= 11 is 0. The lowest BCUT2D eigenvalue weighted by molar-refractivity contribution is -0.136. The van der Waals surface area contributed by atoms with E-state index >= 15 is 0 Å². The molecule has 11 heteroatoms. The van der Waals surface area contributed by atoms with Gasteiger partial charge in [0.05, 0.1) is 0 Å².